The van der Waals surface area contributed by atoms with E-state index in [-0.39, 0.29) is 29.7 Å². The first kappa shape index (κ1) is 24.1. The van der Waals surface area contributed by atoms with Crippen molar-refractivity contribution in [2.24, 2.45) is 52.3 Å². The Morgan fingerprint density at radius 2 is 1.81 bits per heavy atom. The summed E-state index contributed by atoms with van der Waals surface area (Å²) in [6, 6.07) is 0.158. The van der Waals surface area contributed by atoms with Crippen LogP contribution in [0.4, 0.5) is 0 Å². The second kappa shape index (κ2) is 8.95. The van der Waals surface area contributed by atoms with Crippen LogP contribution in [0.2, 0.25) is 0 Å². The number of aliphatic carboxylic acids is 1. The predicted molar refractivity (Wildman–Crippen MR) is 128 cm³/mol. The molecule has 2 unspecified atom stereocenters. The van der Waals surface area contributed by atoms with Crippen LogP contribution in [0.25, 0.3) is 0 Å². The molecule has 4 heteroatoms. The predicted octanol–water partition coefficient (Wildman–Crippen LogP) is 6.29. The summed E-state index contributed by atoms with van der Waals surface area (Å²) in [5, 5.41) is 12.9. The Morgan fingerprint density at radius 1 is 1.06 bits per heavy atom. The number of rotatable bonds is 7. The second-order valence-electron chi connectivity index (χ2n) is 13.0. The van der Waals surface area contributed by atoms with Gasteiger partial charge in [0.25, 0.3) is 0 Å². The molecule has 32 heavy (non-hydrogen) atoms. The van der Waals surface area contributed by atoms with Crippen LogP contribution in [-0.4, -0.2) is 23.0 Å². The zero-order valence-corrected chi connectivity index (χ0v) is 21.2. The van der Waals surface area contributed by atoms with Crippen LogP contribution in [0.5, 0.6) is 0 Å². The average Bonchev–Trinajstić information content (AvgIpc) is 3.05. The molecule has 3 aliphatic carbocycles. The van der Waals surface area contributed by atoms with E-state index in [1.165, 1.54) is 51.4 Å². The largest absolute Gasteiger partial charge is 0.481 e. The van der Waals surface area contributed by atoms with Gasteiger partial charge in [0.2, 0.25) is 5.91 Å². The van der Waals surface area contributed by atoms with Crippen molar-refractivity contribution in [3.63, 3.8) is 0 Å². The van der Waals surface area contributed by atoms with Crippen molar-refractivity contribution >= 4 is 11.9 Å². The number of piperidine rings is 1. The number of carbonyl (C=O) groups excluding carboxylic acids is 1. The lowest BCUT2D eigenvalue weighted by molar-refractivity contribution is -0.156. The summed E-state index contributed by atoms with van der Waals surface area (Å²) >= 11 is 0. The van der Waals surface area contributed by atoms with Crippen LogP contribution in [0.15, 0.2) is 0 Å². The third kappa shape index (κ3) is 4.02. The molecule has 1 heterocycles. The molecule has 0 radical (unpaired) electrons. The van der Waals surface area contributed by atoms with Gasteiger partial charge in [0, 0.05) is 18.9 Å². The van der Waals surface area contributed by atoms with Gasteiger partial charge < -0.3 is 10.4 Å². The Bertz CT molecular complexity index is 717. The molecule has 182 valence electrons. The molecular formula is C28H47NO3. The molecule has 2 N–H and O–H groups in total. The first-order chi connectivity index (χ1) is 15.1. The minimum Gasteiger partial charge on any atom is -0.481 e. The number of hydrogen-bond acceptors (Lipinski definition) is 2. The SMILES string of the molecule is CC(C)CCC[C@@H](C)[C@H]1CC[C@H]2[C@@H]3CCC4NC(=O)CC(CC(=O)O)[C@]4(C)[C@H]3CC[C@]12C. The second-order valence-corrected chi connectivity index (χ2v) is 13.0. The van der Waals surface area contributed by atoms with Gasteiger partial charge in [-0.15, -0.1) is 0 Å². The molecule has 4 fully saturated rings. The van der Waals surface area contributed by atoms with Gasteiger partial charge in [-0.25, -0.2) is 0 Å². The van der Waals surface area contributed by atoms with Crippen molar-refractivity contribution in [1.82, 2.24) is 5.32 Å². The Morgan fingerprint density at radius 3 is 2.50 bits per heavy atom. The van der Waals surface area contributed by atoms with Gasteiger partial charge in [0.05, 0.1) is 0 Å². The zero-order chi connectivity index (χ0) is 23.3. The third-order valence-corrected chi connectivity index (χ3v) is 11.0. The van der Waals surface area contributed by atoms with Crippen LogP contribution in [0.1, 0.15) is 105 Å². The van der Waals surface area contributed by atoms with Crippen molar-refractivity contribution in [2.45, 2.75) is 111 Å². The standard InChI is InChI=1S/C28H47NO3/c1-17(2)7-6-8-18(3)21-10-11-22-20-9-12-24-28(5,23(20)13-14-27(21,22)4)19(16-26(31)32)15-25(30)29-24/h17-24H,6-16H2,1-5H3,(H,29,30)(H,31,32)/t18-,19?,20+,21-,22+,23+,24?,27-,28-/m1/s1. The third-order valence-electron chi connectivity index (χ3n) is 11.0. The van der Waals surface area contributed by atoms with Crippen LogP contribution in [-0.2, 0) is 9.59 Å². The van der Waals surface area contributed by atoms with Gasteiger partial charge in [0.1, 0.15) is 0 Å². The summed E-state index contributed by atoms with van der Waals surface area (Å²) in [5.41, 5.74) is 0.374. The average molecular weight is 446 g/mol. The molecule has 3 saturated carbocycles. The topological polar surface area (TPSA) is 66.4 Å². The molecule has 0 aromatic heterocycles. The Kier molecular flexibility index (Phi) is 6.73. The van der Waals surface area contributed by atoms with Crippen LogP contribution >= 0.6 is 0 Å². The smallest absolute Gasteiger partial charge is 0.303 e. The van der Waals surface area contributed by atoms with E-state index in [4.69, 9.17) is 0 Å². The minimum atomic E-state index is -0.747. The number of carboxylic acids is 1. The van der Waals surface area contributed by atoms with Gasteiger partial charge in [-0.3, -0.25) is 9.59 Å². The van der Waals surface area contributed by atoms with Crippen molar-refractivity contribution < 1.29 is 14.7 Å². The highest BCUT2D eigenvalue weighted by molar-refractivity contribution is 5.79. The van der Waals surface area contributed by atoms with Crippen LogP contribution in [0.3, 0.4) is 0 Å². The molecule has 1 amide bonds. The van der Waals surface area contributed by atoms with E-state index in [0.29, 0.717) is 23.7 Å². The molecule has 4 aliphatic rings. The first-order valence-corrected chi connectivity index (χ1v) is 13.6. The van der Waals surface area contributed by atoms with Crippen molar-refractivity contribution in [2.75, 3.05) is 0 Å². The molecule has 0 aromatic rings. The van der Waals surface area contributed by atoms with E-state index in [1.54, 1.807) is 0 Å². The molecule has 1 aliphatic heterocycles. The normalized spacial score (nSPS) is 44.4. The lowest BCUT2D eigenvalue weighted by Gasteiger charge is -2.62. The lowest BCUT2D eigenvalue weighted by atomic mass is 9.44. The van der Waals surface area contributed by atoms with Gasteiger partial charge in [-0.2, -0.15) is 0 Å². The molecule has 1 saturated heterocycles. The molecule has 4 rings (SSSR count). The highest BCUT2D eigenvalue weighted by atomic mass is 16.4. The highest BCUT2D eigenvalue weighted by Crippen LogP contribution is 2.67. The number of fused-ring (bicyclic) bond motifs is 5. The Labute approximate surface area is 195 Å². The van der Waals surface area contributed by atoms with Crippen molar-refractivity contribution in [3.05, 3.63) is 0 Å². The van der Waals surface area contributed by atoms with E-state index in [1.807, 2.05) is 0 Å². The fourth-order valence-corrected chi connectivity index (χ4v) is 9.43. The summed E-state index contributed by atoms with van der Waals surface area (Å²) in [5.74, 6) is 3.77. The monoisotopic (exact) mass is 445 g/mol. The summed E-state index contributed by atoms with van der Waals surface area (Å²) in [6.07, 6.45) is 12.1. The number of amides is 1. The maximum absolute atomic E-state index is 12.4. The van der Waals surface area contributed by atoms with Gasteiger partial charge in [-0.05, 0) is 90.8 Å². The van der Waals surface area contributed by atoms with E-state index in [2.05, 4.69) is 39.9 Å². The van der Waals surface area contributed by atoms with Crippen LogP contribution < -0.4 is 5.32 Å². The van der Waals surface area contributed by atoms with Crippen molar-refractivity contribution in [3.8, 4) is 0 Å². The van der Waals surface area contributed by atoms with E-state index >= 15 is 0 Å². The first-order valence-electron chi connectivity index (χ1n) is 13.6. The Hall–Kier alpha value is -1.06. The molecule has 4 nitrogen and oxygen atoms in total. The molecular weight excluding hydrogens is 398 g/mol. The van der Waals surface area contributed by atoms with Crippen LogP contribution in [0, 0.1) is 52.3 Å². The summed E-state index contributed by atoms with van der Waals surface area (Å²) < 4.78 is 0. The summed E-state index contributed by atoms with van der Waals surface area (Å²) in [4.78, 5) is 24.1. The maximum atomic E-state index is 12.4. The van der Waals surface area contributed by atoms with E-state index in [9.17, 15) is 14.7 Å². The fourth-order valence-electron chi connectivity index (χ4n) is 9.43. The van der Waals surface area contributed by atoms with E-state index in [0.717, 1.165) is 30.1 Å². The molecule has 0 bridgehead atoms. The lowest BCUT2D eigenvalue weighted by Crippen LogP contribution is -2.64. The summed E-state index contributed by atoms with van der Waals surface area (Å²) in [6.45, 7) is 12.1. The quantitative estimate of drug-likeness (QED) is 0.484. The fraction of sp³-hybridized carbons (Fsp3) is 0.929. The number of hydrogen-bond donors (Lipinski definition) is 2. The molecule has 0 aromatic carbocycles. The molecule has 0 spiro atoms. The van der Waals surface area contributed by atoms with Gasteiger partial charge in [0.15, 0.2) is 0 Å². The van der Waals surface area contributed by atoms with E-state index < -0.39 is 5.97 Å². The van der Waals surface area contributed by atoms with Crippen molar-refractivity contribution in [1.29, 1.82) is 0 Å². The maximum Gasteiger partial charge on any atom is 0.303 e. The Balaban J connectivity index is 1.53. The number of carboxylic acid groups (broad SMARTS) is 1. The summed E-state index contributed by atoms with van der Waals surface area (Å²) in [7, 11) is 0. The molecule has 9 atom stereocenters. The number of carbonyl (C=O) groups is 2. The highest BCUT2D eigenvalue weighted by Gasteiger charge is 2.62. The zero-order valence-electron chi connectivity index (χ0n) is 21.2. The minimum absolute atomic E-state index is 0.0249. The van der Waals surface area contributed by atoms with Gasteiger partial charge in [-0.1, -0.05) is 53.9 Å². The van der Waals surface area contributed by atoms with Gasteiger partial charge >= 0.3 is 5.97 Å². The number of nitrogens with one attached hydrogen (secondary N) is 1.